The van der Waals surface area contributed by atoms with Crippen LogP contribution in [-0.4, -0.2) is 34.8 Å². The Hall–Kier alpha value is -0.240. The van der Waals surface area contributed by atoms with Gasteiger partial charge in [-0.1, -0.05) is 13.8 Å². The largest absolute Gasteiger partial charge is 0.396 e. The van der Waals surface area contributed by atoms with Gasteiger partial charge in [0.25, 0.3) is 0 Å². The minimum Gasteiger partial charge on any atom is -0.396 e. The van der Waals surface area contributed by atoms with Crippen LogP contribution in [0.4, 0.5) is 0 Å². The van der Waals surface area contributed by atoms with Crippen LogP contribution in [0.2, 0.25) is 0 Å². The predicted octanol–water partition coefficient (Wildman–Crippen LogP) is 1.77. The fourth-order valence-electron chi connectivity index (χ4n) is 1.47. The Balaban J connectivity index is 4.02. The average molecular weight is 230 g/mol. The molecule has 0 saturated heterocycles. The maximum absolute atomic E-state index is 9.01. The Morgan fingerprint density at radius 2 is 2.07 bits per heavy atom. The van der Waals surface area contributed by atoms with Gasteiger partial charge in [-0.05, 0) is 26.8 Å². The van der Waals surface area contributed by atoms with Gasteiger partial charge >= 0.3 is 0 Å². The summed E-state index contributed by atoms with van der Waals surface area (Å²) < 4.78 is 0. The molecule has 4 heteroatoms. The van der Waals surface area contributed by atoms with Gasteiger partial charge in [0.1, 0.15) is 5.54 Å². The van der Waals surface area contributed by atoms with Crippen molar-refractivity contribution >= 4 is 11.8 Å². The summed E-state index contributed by atoms with van der Waals surface area (Å²) in [6.45, 7) is 6.40. The third-order valence-corrected chi connectivity index (χ3v) is 3.83. The van der Waals surface area contributed by atoms with Crippen LogP contribution >= 0.6 is 11.8 Å². The predicted molar refractivity (Wildman–Crippen MR) is 65.9 cm³/mol. The lowest BCUT2D eigenvalue weighted by molar-refractivity contribution is 0.288. The Labute approximate surface area is 97.2 Å². The number of nitriles is 1. The summed E-state index contributed by atoms with van der Waals surface area (Å²) in [5.41, 5.74) is -0.439. The molecule has 0 bridgehead atoms. The number of hydrogen-bond acceptors (Lipinski definition) is 4. The molecule has 0 aliphatic heterocycles. The van der Waals surface area contributed by atoms with Crippen molar-refractivity contribution < 1.29 is 5.11 Å². The average Bonchev–Trinajstić information content (AvgIpc) is 2.17. The van der Waals surface area contributed by atoms with Gasteiger partial charge in [0.2, 0.25) is 0 Å². The topological polar surface area (TPSA) is 56.0 Å². The zero-order chi connectivity index (χ0) is 11.9. The highest BCUT2D eigenvalue weighted by molar-refractivity contribution is 8.00. The quantitative estimate of drug-likeness (QED) is 0.700. The van der Waals surface area contributed by atoms with Crippen molar-refractivity contribution in [2.75, 3.05) is 13.7 Å². The molecule has 3 nitrogen and oxygen atoms in total. The third kappa shape index (κ3) is 6.03. The van der Waals surface area contributed by atoms with Gasteiger partial charge in [0.15, 0.2) is 0 Å². The number of hydrogen-bond donors (Lipinski definition) is 2. The SMILES string of the molecule is CNC(C)(C#N)CC(C)SC(C)CCO. The monoisotopic (exact) mass is 230 g/mol. The van der Waals surface area contributed by atoms with E-state index in [0.717, 1.165) is 12.8 Å². The van der Waals surface area contributed by atoms with Crippen LogP contribution in [0.25, 0.3) is 0 Å². The normalized spacial score (nSPS) is 18.9. The smallest absolute Gasteiger partial charge is 0.104 e. The molecule has 0 aromatic carbocycles. The molecular formula is C11H22N2OS. The molecule has 3 atom stereocenters. The van der Waals surface area contributed by atoms with Crippen molar-refractivity contribution in [3.05, 3.63) is 0 Å². The summed E-state index contributed by atoms with van der Waals surface area (Å²) in [5.74, 6) is 0. The van der Waals surface area contributed by atoms with Gasteiger partial charge in [-0.2, -0.15) is 17.0 Å². The summed E-state index contributed by atoms with van der Waals surface area (Å²) in [4.78, 5) is 0. The van der Waals surface area contributed by atoms with Crippen LogP contribution in [0.1, 0.15) is 33.6 Å². The number of aliphatic hydroxyl groups excluding tert-OH is 1. The molecule has 0 aromatic heterocycles. The lowest BCUT2D eigenvalue weighted by Crippen LogP contribution is -2.40. The van der Waals surface area contributed by atoms with E-state index in [1.165, 1.54) is 0 Å². The Morgan fingerprint density at radius 1 is 1.47 bits per heavy atom. The first-order valence-corrected chi connectivity index (χ1v) is 6.28. The van der Waals surface area contributed by atoms with Crippen LogP contribution in [0.3, 0.4) is 0 Å². The van der Waals surface area contributed by atoms with Gasteiger partial charge in [-0.15, -0.1) is 0 Å². The Kier molecular flexibility index (Phi) is 6.99. The minimum absolute atomic E-state index is 0.239. The number of thioether (sulfide) groups is 1. The Bertz CT molecular complexity index is 217. The first-order chi connectivity index (χ1) is 6.97. The molecule has 0 spiro atoms. The van der Waals surface area contributed by atoms with E-state index in [4.69, 9.17) is 10.4 Å². The van der Waals surface area contributed by atoms with Crippen molar-refractivity contribution in [3.63, 3.8) is 0 Å². The summed E-state index contributed by atoms with van der Waals surface area (Å²) in [6, 6.07) is 2.29. The molecule has 0 amide bonds. The van der Waals surface area contributed by atoms with Crippen molar-refractivity contribution in [1.82, 2.24) is 5.32 Å². The molecule has 0 aliphatic carbocycles. The molecule has 0 aliphatic rings. The molecule has 2 N–H and O–H groups in total. The maximum Gasteiger partial charge on any atom is 0.104 e. The van der Waals surface area contributed by atoms with E-state index in [2.05, 4.69) is 25.2 Å². The maximum atomic E-state index is 9.01. The minimum atomic E-state index is -0.439. The fraction of sp³-hybridized carbons (Fsp3) is 0.909. The molecule has 0 saturated carbocycles. The summed E-state index contributed by atoms with van der Waals surface area (Å²) in [5, 5.41) is 21.7. The van der Waals surface area contributed by atoms with Crippen LogP contribution in [0.5, 0.6) is 0 Å². The van der Waals surface area contributed by atoms with Crippen molar-refractivity contribution in [3.8, 4) is 6.07 Å². The molecular weight excluding hydrogens is 208 g/mol. The number of aliphatic hydroxyl groups is 1. The van der Waals surface area contributed by atoms with Crippen LogP contribution in [0, 0.1) is 11.3 Å². The zero-order valence-corrected chi connectivity index (χ0v) is 10.9. The van der Waals surface area contributed by atoms with Gasteiger partial charge in [0.05, 0.1) is 6.07 Å². The first kappa shape index (κ1) is 14.8. The molecule has 0 heterocycles. The lowest BCUT2D eigenvalue weighted by Gasteiger charge is -2.25. The Morgan fingerprint density at radius 3 is 2.47 bits per heavy atom. The molecule has 3 unspecified atom stereocenters. The van der Waals surface area contributed by atoms with E-state index in [1.54, 1.807) is 0 Å². The third-order valence-electron chi connectivity index (χ3n) is 2.49. The van der Waals surface area contributed by atoms with Crippen LogP contribution in [0.15, 0.2) is 0 Å². The lowest BCUT2D eigenvalue weighted by atomic mass is 9.98. The van der Waals surface area contributed by atoms with Gasteiger partial charge in [-0.3, -0.25) is 0 Å². The van der Waals surface area contributed by atoms with E-state index in [-0.39, 0.29) is 6.61 Å². The second-order valence-corrected chi connectivity index (χ2v) is 6.05. The van der Waals surface area contributed by atoms with Crippen molar-refractivity contribution in [2.45, 2.75) is 49.7 Å². The van der Waals surface area contributed by atoms with Gasteiger partial charge in [0, 0.05) is 17.1 Å². The van der Waals surface area contributed by atoms with E-state index >= 15 is 0 Å². The molecule has 15 heavy (non-hydrogen) atoms. The number of nitrogens with zero attached hydrogens (tertiary/aromatic N) is 1. The van der Waals surface area contributed by atoms with E-state index in [1.807, 2.05) is 25.7 Å². The number of nitrogens with one attached hydrogen (secondary N) is 1. The molecule has 0 radical (unpaired) electrons. The summed E-state index contributed by atoms with van der Waals surface area (Å²) in [6.07, 6.45) is 1.64. The van der Waals surface area contributed by atoms with Crippen LogP contribution in [-0.2, 0) is 0 Å². The second-order valence-electron chi connectivity index (χ2n) is 4.17. The fourth-order valence-corrected chi connectivity index (χ4v) is 2.94. The van der Waals surface area contributed by atoms with Crippen molar-refractivity contribution in [1.29, 1.82) is 5.26 Å². The van der Waals surface area contributed by atoms with Crippen LogP contribution < -0.4 is 5.32 Å². The van der Waals surface area contributed by atoms with Crippen molar-refractivity contribution in [2.24, 2.45) is 0 Å². The standard InChI is InChI=1S/C11H22N2OS/c1-9(5-6-14)15-10(2)7-11(3,8-12)13-4/h9-10,13-14H,5-7H2,1-4H3. The van der Waals surface area contributed by atoms with Gasteiger partial charge in [-0.25, -0.2) is 0 Å². The molecule has 88 valence electrons. The molecule has 0 aromatic rings. The van der Waals surface area contributed by atoms with E-state index < -0.39 is 5.54 Å². The highest BCUT2D eigenvalue weighted by Crippen LogP contribution is 2.26. The zero-order valence-electron chi connectivity index (χ0n) is 10.1. The molecule has 0 fully saturated rings. The first-order valence-electron chi connectivity index (χ1n) is 5.34. The van der Waals surface area contributed by atoms with Gasteiger partial charge < -0.3 is 10.4 Å². The highest BCUT2D eigenvalue weighted by Gasteiger charge is 2.25. The van der Waals surface area contributed by atoms with E-state index in [9.17, 15) is 0 Å². The second kappa shape index (κ2) is 7.10. The summed E-state index contributed by atoms with van der Waals surface area (Å²) in [7, 11) is 1.82. The highest BCUT2D eigenvalue weighted by atomic mass is 32.2. The van der Waals surface area contributed by atoms with E-state index in [0.29, 0.717) is 10.5 Å². The number of rotatable bonds is 7. The summed E-state index contributed by atoms with van der Waals surface area (Å²) >= 11 is 1.83. The molecule has 0 rings (SSSR count).